The number of nitrogens with one attached hydrogen (secondary N) is 1. The molecule has 0 spiro atoms. The molecule has 2 aliphatic heterocycles. The number of hydrogen-bond donors (Lipinski definition) is 1. The monoisotopic (exact) mass is 570 g/mol. The Hall–Kier alpha value is -4.13. The second-order valence-electron chi connectivity index (χ2n) is 11.6. The van der Waals surface area contributed by atoms with Gasteiger partial charge in [0.05, 0.1) is 24.2 Å². The van der Waals surface area contributed by atoms with Crippen molar-refractivity contribution >= 4 is 29.3 Å². The largest absolute Gasteiger partial charge is 0.368 e. The molecule has 2 amide bonds. The Morgan fingerprint density at radius 2 is 2.02 bits per heavy atom. The summed E-state index contributed by atoms with van der Waals surface area (Å²) < 4.78 is 0. The minimum absolute atomic E-state index is 0.101. The van der Waals surface area contributed by atoms with E-state index in [-0.39, 0.29) is 24.3 Å². The van der Waals surface area contributed by atoms with Crippen LogP contribution in [0.5, 0.6) is 0 Å². The van der Waals surface area contributed by atoms with E-state index in [1.807, 2.05) is 0 Å². The molecule has 3 aliphatic rings. The van der Waals surface area contributed by atoms with E-state index in [4.69, 9.17) is 9.97 Å². The number of anilines is 3. The first-order valence-corrected chi connectivity index (χ1v) is 15.1. The van der Waals surface area contributed by atoms with Crippen LogP contribution in [0.4, 0.5) is 17.5 Å². The number of rotatable bonds is 9. The highest BCUT2D eigenvalue weighted by Crippen LogP contribution is 2.36. The van der Waals surface area contributed by atoms with Gasteiger partial charge in [-0.15, -0.1) is 0 Å². The maximum atomic E-state index is 12.5. The Kier molecular flexibility index (Phi) is 9.25. The van der Waals surface area contributed by atoms with Crippen molar-refractivity contribution in [3.05, 3.63) is 53.7 Å². The fraction of sp³-hybridized carbons (Fsp3) is 0.531. The lowest BCUT2D eigenvalue weighted by molar-refractivity contribution is -0.129. The molecule has 1 aromatic heterocycles. The molecular weight excluding hydrogens is 528 g/mol. The number of para-hydroxylation sites is 1. The first-order valence-electron chi connectivity index (χ1n) is 15.1. The van der Waals surface area contributed by atoms with Gasteiger partial charge in [0.2, 0.25) is 17.8 Å². The third kappa shape index (κ3) is 6.35. The van der Waals surface area contributed by atoms with Gasteiger partial charge in [0.1, 0.15) is 5.82 Å². The summed E-state index contributed by atoms with van der Waals surface area (Å²) in [5.74, 6) is 1.43. The van der Waals surface area contributed by atoms with Crippen LogP contribution in [0.1, 0.15) is 48.9 Å². The summed E-state index contributed by atoms with van der Waals surface area (Å²) in [6.45, 7) is 6.98. The number of benzene rings is 1. The van der Waals surface area contributed by atoms with Gasteiger partial charge in [-0.25, -0.2) is 4.98 Å². The van der Waals surface area contributed by atoms with Crippen molar-refractivity contribution in [2.45, 2.75) is 63.5 Å². The zero-order valence-corrected chi connectivity index (χ0v) is 24.9. The normalized spacial score (nSPS) is 19.8. The molecule has 1 N–H and O–H groups in total. The first kappa shape index (κ1) is 29.4. The Bertz CT molecular complexity index is 1350. The van der Waals surface area contributed by atoms with E-state index in [0.717, 1.165) is 50.2 Å². The molecule has 1 aromatic carbocycles. The van der Waals surface area contributed by atoms with Gasteiger partial charge >= 0.3 is 0 Å². The van der Waals surface area contributed by atoms with E-state index in [2.05, 4.69) is 52.0 Å². The van der Waals surface area contributed by atoms with Crippen LogP contribution in [0.15, 0.2) is 36.9 Å². The maximum absolute atomic E-state index is 12.5. The molecule has 10 nitrogen and oxygen atoms in total. The number of aryl methyl sites for hydroxylation is 1. The Morgan fingerprint density at radius 3 is 2.81 bits per heavy atom. The van der Waals surface area contributed by atoms with Gasteiger partial charge in [-0.05, 0) is 49.8 Å². The van der Waals surface area contributed by atoms with E-state index in [1.165, 1.54) is 22.9 Å². The van der Waals surface area contributed by atoms with Gasteiger partial charge in [-0.2, -0.15) is 10.2 Å². The summed E-state index contributed by atoms with van der Waals surface area (Å²) in [5, 5.41) is 12.9. The molecule has 2 aromatic rings. The van der Waals surface area contributed by atoms with E-state index >= 15 is 0 Å². The smallest absolute Gasteiger partial charge is 0.246 e. The van der Waals surface area contributed by atoms with Crippen LogP contribution in [-0.4, -0.2) is 90.5 Å². The van der Waals surface area contributed by atoms with Crippen molar-refractivity contribution < 1.29 is 9.59 Å². The van der Waals surface area contributed by atoms with Gasteiger partial charge in [0, 0.05) is 77.0 Å². The number of fused-ring (bicyclic) bond motifs is 2. The SMILES string of the molecule is C=CC(=O)N1CCN(c2nc(NCCCC(=O)N(C)C)nc3c2CCC(N2CCCc4ccccc42)C3)CC1CC#N. The number of nitrogens with zero attached hydrogens (tertiary/aromatic N) is 7. The number of aromatic nitrogens is 2. The molecule has 2 unspecified atom stereocenters. The summed E-state index contributed by atoms with van der Waals surface area (Å²) in [7, 11) is 3.54. The molecule has 1 aliphatic carbocycles. The molecule has 1 fully saturated rings. The third-order valence-corrected chi connectivity index (χ3v) is 8.73. The van der Waals surface area contributed by atoms with Crippen LogP contribution >= 0.6 is 0 Å². The second-order valence-corrected chi connectivity index (χ2v) is 11.6. The standard InChI is InChI=1S/C32H42N8O2/c1-4-29(41)40-20-19-38(22-25(40)15-16-33)31-26-14-13-24(39-18-8-10-23-9-5-6-11-28(23)39)21-27(26)35-32(36-31)34-17-7-12-30(42)37(2)3/h4-6,9,11,24-25H,1,7-8,10,12-15,17-22H2,2-3H3,(H,34,35,36). The van der Waals surface area contributed by atoms with E-state index in [0.29, 0.717) is 51.0 Å². The number of carbonyl (C=O) groups excluding carboxylic acids is 2. The summed E-state index contributed by atoms with van der Waals surface area (Å²) >= 11 is 0. The molecule has 1 saturated heterocycles. The highest BCUT2D eigenvalue weighted by molar-refractivity contribution is 5.87. The molecule has 222 valence electrons. The minimum atomic E-state index is -0.227. The third-order valence-electron chi connectivity index (χ3n) is 8.73. The number of carbonyl (C=O) groups is 2. The molecule has 0 saturated carbocycles. The molecule has 3 heterocycles. The Balaban J connectivity index is 1.41. The summed E-state index contributed by atoms with van der Waals surface area (Å²) in [5.41, 5.74) is 5.00. The summed E-state index contributed by atoms with van der Waals surface area (Å²) in [6.07, 6.45) is 7.74. The van der Waals surface area contributed by atoms with Crippen LogP contribution in [-0.2, 0) is 28.9 Å². The van der Waals surface area contributed by atoms with Crippen molar-refractivity contribution in [2.75, 3.05) is 61.9 Å². The maximum Gasteiger partial charge on any atom is 0.246 e. The van der Waals surface area contributed by atoms with E-state index in [9.17, 15) is 14.9 Å². The van der Waals surface area contributed by atoms with Crippen molar-refractivity contribution in [3.8, 4) is 6.07 Å². The summed E-state index contributed by atoms with van der Waals surface area (Å²) in [6, 6.07) is 11.1. The van der Waals surface area contributed by atoms with Gasteiger partial charge in [-0.3, -0.25) is 9.59 Å². The molecule has 0 radical (unpaired) electrons. The zero-order valence-electron chi connectivity index (χ0n) is 24.9. The van der Waals surface area contributed by atoms with Crippen LogP contribution in [0.2, 0.25) is 0 Å². The van der Waals surface area contributed by atoms with Crippen molar-refractivity contribution in [3.63, 3.8) is 0 Å². The van der Waals surface area contributed by atoms with Gasteiger partial charge < -0.3 is 24.9 Å². The predicted octanol–water partition coefficient (Wildman–Crippen LogP) is 3.18. The quantitative estimate of drug-likeness (QED) is 0.362. The minimum Gasteiger partial charge on any atom is -0.368 e. The molecule has 5 rings (SSSR count). The lowest BCUT2D eigenvalue weighted by atomic mass is 9.88. The van der Waals surface area contributed by atoms with Crippen LogP contribution < -0.4 is 15.1 Å². The first-order chi connectivity index (χ1) is 20.4. The van der Waals surface area contributed by atoms with Crippen LogP contribution in [0.3, 0.4) is 0 Å². The topological polar surface area (TPSA) is 109 Å². The van der Waals surface area contributed by atoms with Crippen molar-refractivity contribution in [1.29, 1.82) is 5.26 Å². The predicted molar refractivity (Wildman–Crippen MR) is 165 cm³/mol. The van der Waals surface area contributed by atoms with Crippen molar-refractivity contribution in [1.82, 2.24) is 19.8 Å². The van der Waals surface area contributed by atoms with E-state index < -0.39 is 0 Å². The fourth-order valence-electron chi connectivity index (χ4n) is 6.53. The highest BCUT2D eigenvalue weighted by atomic mass is 16.2. The average molecular weight is 571 g/mol. The lowest BCUT2D eigenvalue weighted by Gasteiger charge is -2.43. The van der Waals surface area contributed by atoms with Gasteiger partial charge in [0.25, 0.3) is 0 Å². The fourth-order valence-corrected chi connectivity index (χ4v) is 6.53. The van der Waals surface area contributed by atoms with Gasteiger partial charge in [0.15, 0.2) is 0 Å². The van der Waals surface area contributed by atoms with Gasteiger partial charge in [-0.1, -0.05) is 24.8 Å². The molecular formula is C32H42N8O2. The number of amides is 2. The summed E-state index contributed by atoms with van der Waals surface area (Å²) in [4.78, 5) is 42.8. The molecule has 0 bridgehead atoms. The average Bonchev–Trinajstić information content (AvgIpc) is 3.01. The molecule has 42 heavy (non-hydrogen) atoms. The lowest BCUT2D eigenvalue weighted by Crippen LogP contribution is -2.55. The second kappa shape index (κ2) is 13.2. The Labute approximate surface area is 249 Å². The molecule has 2 atom stereocenters. The molecule has 10 heteroatoms. The van der Waals surface area contributed by atoms with Crippen LogP contribution in [0.25, 0.3) is 0 Å². The highest BCUT2D eigenvalue weighted by Gasteiger charge is 2.35. The number of hydrogen-bond acceptors (Lipinski definition) is 8. The Morgan fingerprint density at radius 1 is 1.19 bits per heavy atom. The zero-order chi connectivity index (χ0) is 29.6. The van der Waals surface area contributed by atoms with Crippen molar-refractivity contribution in [2.24, 2.45) is 0 Å². The van der Waals surface area contributed by atoms with E-state index in [1.54, 1.807) is 23.9 Å². The van der Waals surface area contributed by atoms with Crippen LogP contribution in [0, 0.1) is 11.3 Å². The number of piperazine rings is 1. The number of nitriles is 1.